The molecular formula is C15H25N3O2. The van der Waals surface area contributed by atoms with Crippen molar-refractivity contribution in [3.8, 4) is 0 Å². The van der Waals surface area contributed by atoms with Crippen LogP contribution in [0.5, 0.6) is 0 Å². The van der Waals surface area contributed by atoms with Crippen molar-refractivity contribution in [2.24, 2.45) is 11.5 Å². The SMILES string of the molecule is CC(C)(C)OC(N)=O.NC1CNCC1c1ccccc1. The molecule has 5 nitrogen and oxygen atoms in total. The van der Waals surface area contributed by atoms with Gasteiger partial charge in [-0.1, -0.05) is 30.3 Å². The van der Waals surface area contributed by atoms with Gasteiger partial charge in [0.25, 0.3) is 0 Å². The normalized spacial score (nSPS) is 21.8. The number of benzene rings is 1. The number of hydrogen-bond acceptors (Lipinski definition) is 4. The van der Waals surface area contributed by atoms with Crippen LogP contribution < -0.4 is 16.8 Å². The van der Waals surface area contributed by atoms with Crippen LogP contribution in [0, 0.1) is 0 Å². The Hall–Kier alpha value is -1.59. The molecule has 1 heterocycles. The second-order valence-electron chi connectivity index (χ2n) is 5.87. The zero-order valence-electron chi connectivity index (χ0n) is 12.4. The van der Waals surface area contributed by atoms with E-state index in [4.69, 9.17) is 11.5 Å². The molecule has 2 rings (SSSR count). The van der Waals surface area contributed by atoms with E-state index >= 15 is 0 Å². The summed E-state index contributed by atoms with van der Waals surface area (Å²) in [5.41, 5.74) is 11.6. The Morgan fingerprint density at radius 3 is 2.20 bits per heavy atom. The van der Waals surface area contributed by atoms with E-state index in [1.807, 2.05) is 6.07 Å². The second kappa shape index (κ2) is 7.26. The van der Waals surface area contributed by atoms with Crippen LogP contribution in [0.2, 0.25) is 0 Å². The number of ether oxygens (including phenoxy) is 1. The van der Waals surface area contributed by atoms with Crippen LogP contribution in [0.25, 0.3) is 0 Å². The molecule has 5 heteroatoms. The molecule has 0 saturated carbocycles. The molecular weight excluding hydrogens is 254 g/mol. The fraction of sp³-hybridized carbons (Fsp3) is 0.533. The average Bonchev–Trinajstić information content (AvgIpc) is 2.74. The monoisotopic (exact) mass is 279 g/mol. The lowest BCUT2D eigenvalue weighted by Gasteiger charge is -2.16. The van der Waals surface area contributed by atoms with Gasteiger partial charge in [0.05, 0.1) is 0 Å². The van der Waals surface area contributed by atoms with E-state index in [2.05, 4.69) is 34.3 Å². The highest BCUT2D eigenvalue weighted by Crippen LogP contribution is 2.20. The molecule has 0 aliphatic carbocycles. The van der Waals surface area contributed by atoms with Gasteiger partial charge in [0.2, 0.25) is 0 Å². The Labute approximate surface area is 120 Å². The van der Waals surface area contributed by atoms with Crippen molar-refractivity contribution in [2.75, 3.05) is 13.1 Å². The summed E-state index contributed by atoms with van der Waals surface area (Å²) < 4.78 is 4.58. The summed E-state index contributed by atoms with van der Waals surface area (Å²) >= 11 is 0. The zero-order valence-corrected chi connectivity index (χ0v) is 12.4. The molecule has 1 saturated heterocycles. The van der Waals surface area contributed by atoms with Crippen molar-refractivity contribution in [3.63, 3.8) is 0 Å². The highest BCUT2D eigenvalue weighted by Gasteiger charge is 2.24. The molecule has 1 amide bonds. The second-order valence-corrected chi connectivity index (χ2v) is 5.87. The Bertz CT molecular complexity index is 415. The minimum Gasteiger partial charge on any atom is -0.444 e. The largest absolute Gasteiger partial charge is 0.444 e. The van der Waals surface area contributed by atoms with Crippen LogP contribution in [-0.2, 0) is 4.74 Å². The Kier molecular flexibility index (Phi) is 5.98. The average molecular weight is 279 g/mol. The standard InChI is InChI=1S/C10H14N2.C5H11NO2/c11-10-7-12-6-9(10)8-4-2-1-3-5-8;1-5(2,3)8-4(6)7/h1-5,9-10,12H,6-7,11H2;1-3H3,(H2,6,7). The van der Waals surface area contributed by atoms with E-state index in [0.717, 1.165) is 13.1 Å². The lowest BCUT2D eigenvalue weighted by atomic mass is 9.95. The van der Waals surface area contributed by atoms with E-state index in [-0.39, 0.29) is 6.04 Å². The number of amides is 1. The topological polar surface area (TPSA) is 90.4 Å². The Morgan fingerprint density at radius 2 is 1.85 bits per heavy atom. The van der Waals surface area contributed by atoms with Crippen molar-refractivity contribution in [1.29, 1.82) is 0 Å². The molecule has 0 aromatic heterocycles. The number of primary amides is 1. The molecule has 2 unspecified atom stereocenters. The Balaban J connectivity index is 0.000000221. The number of carbonyl (C=O) groups excluding carboxylic acids is 1. The number of nitrogens with two attached hydrogens (primary N) is 2. The summed E-state index contributed by atoms with van der Waals surface area (Å²) in [7, 11) is 0. The highest BCUT2D eigenvalue weighted by molar-refractivity contribution is 5.65. The van der Waals surface area contributed by atoms with Gasteiger partial charge in [0, 0.05) is 25.0 Å². The van der Waals surface area contributed by atoms with Gasteiger partial charge in [0.1, 0.15) is 5.60 Å². The zero-order chi connectivity index (χ0) is 15.2. The first-order valence-electron chi connectivity index (χ1n) is 6.79. The molecule has 1 aromatic rings. The van der Waals surface area contributed by atoms with E-state index in [1.54, 1.807) is 20.8 Å². The van der Waals surface area contributed by atoms with E-state index in [1.165, 1.54) is 5.56 Å². The molecule has 0 spiro atoms. The van der Waals surface area contributed by atoms with Crippen LogP contribution in [0.4, 0.5) is 4.79 Å². The third-order valence-corrected chi connectivity index (χ3v) is 2.90. The van der Waals surface area contributed by atoms with Gasteiger partial charge in [-0.2, -0.15) is 0 Å². The van der Waals surface area contributed by atoms with Crippen LogP contribution >= 0.6 is 0 Å². The number of hydrogen-bond donors (Lipinski definition) is 3. The fourth-order valence-corrected chi connectivity index (χ4v) is 2.07. The summed E-state index contributed by atoms with van der Waals surface area (Å²) in [6, 6.07) is 10.8. The molecule has 1 fully saturated rings. The lowest BCUT2D eigenvalue weighted by Crippen LogP contribution is -2.27. The quantitative estimate of drug-likeness (QED) is 0.728. The molecule has 0 bridgehead atoms. The molecule has 0 radical (unpaired) electrons. The van der Waals surface area contributed by atoms with E-state index in [9.17, 15) is 4.79 Å². The summed E-state index contributed by atoms with van der Waals surface area (Å²) in [6.07, 6.45) is -0.725. The maximum atomic E-state index is 10.0. The predicted octanol–water partition coefficient (Wildman–Crippen LogP) is 1.58. The minimum absolute atomic E-state index is 0.285. The summed E-state index contributed by atoms with van der Waals surface area (Å²) in [5, 5.41) is 3.30. The molecule has 1 aliphatic heterocycles. The number of rotatable bonds is 1. The van der Waals surface area contributed by atoms with Gasteiger partial charge in [-0.15, -0.1) is 0 Å². The summed E-state index contributed by atoms with van der Waals surface area (Å²) in [4.78, 5) is 10.0. The minimum atomic E-state index is -0.725. The number of nitrogens with one attached hydrogen (secondary N) is 1. The predicted molar refractivity (Wildman–Crippen MR) is 80.4 cm³/mol. The number of carbonyl (C=O) groups is 1. The smallest absolute Gasteiger partial charge is 0.405 e. The molecule has 1 aliphatic rings. The van der Waals surface area contributed by atoms with Crippen molar-refractivity contribution in [2.45, 2.75) is 38.3 Å². The van der Waals surface area contributed by atoms with Gasteiger partial charge >= 0.3 is 6.09 Å². The summed E-state index contributed by atoms with van der Waals surface area (Å²) in [6.45, 7) is 7.25. The van der Waals surface area contributed by atoms with Crippen LogP contribution in [0.1, 0.15) is 32.3 Å². The fourth-order valence-electron chi connectivity index (χ4n) is 2.07. The van der Waals surface area contributed by atoms with Gasteiger partial charge in [0.15, 0.2) is 0 Å². The first kappa shape index (κ1) is 16.5. The summed E-state index contributed by atoms with van der Waals surface area (Å²) in [5.74, 6) is 0.506. The van der Waals surface area contributed by atoms with Gasteiger partial charge in [-0.25, -0.2) is 4.79 Å². The van der Waals surface area contributed by atoms with E-state index in [0.29, 0.717) is 5.92 Å². The van der Waals surface area contributed by atoms with Crippen molar-refractivity contribution < 1.29 is 9.53 Å². The molecule has 112 valence electrons. The third kappa shape index (κ3) is 6.04. The van der Waals surface area contributed by atoms with E-state index < -0.39 is 11.7 Å². The first-order valence-corrected chi connectivity index (χ1v) is 6.79. The maximum Gasteiger partial charge on any atom is 0.405 e. The van der Waals surface area contributed by atoms with Crippen LogP contribution in [-0.4, -0.2) is 30.8 Å². The van der Waals surface area contributed by atoms with Gasteiger partial charge < -0.3 is 21.5 Å². The Morgan fingerprint density at radius 1 is 1.25 bits per heavy atom. The van der Waals surface area contributed by atoms with Gasteiger partial charge in [-0.05, 0) is 26.3 Å². The van der Waals surface area contributed by atoms with Crippen molar-refractivity contribution in [3.05, 3.63) is 35.9 Å². The molecule has 20 heavy (non-hydrogen) atoms. The third-order valence-electron chi connectivity index (χ3n) is 2.90. The van der Waals surface area contributed by atoms with Crippen LogP contribution in [0.15, 0.2) is 30.3 Å². The first-order chi connectivity index (χ1) is 9.29. The van der Waals surface area contributed by atoms with Crippen LogP contribution in [0.3, 0.4) is 0 Å². The van der Waals surface area contributed by atoms with Crippen molar-refractivity contribution in [1.82, 2.24) is 5.32 Å². The van der Waals surface area contributed by atoms with Crippen molar-refractivity contribution >= 4 is 6.09 Å². The molecule has 1 aromatic carbocycles. The molecule has 2 atom stereocenters. The van der Waals surface area contributed by atoms with Gasteiger partial charge in [-0.3, -0.25) is 0 Å². The lowest BCUT2D eigenvalue weighted by molar-refractivity contribution is 0.0600. The maximum absolute atomic E-state index is 10.0. The molecule has 5 N–H and O–H groups in total. The highest BCUT2D eigenvalue weighted by atomic mass is 16.6.